The molecule has 0 saturated carbocycles. The van der Waals surface area contributed by atoms with Crippen LogP contribution in [-0.4, -0.2) is 10.5 Å². The molecule has 0 aliphatic rings. The van der Waals surface area contributed by atoms with Crippen LogP contribution in [0.5, 0.6) is 0 Å². The van der Waals surface area contributed by atoms with Crippen LogP contribution in [0, 0.1) is 0 Å². The summed E-state index contributed by atoms with van der Waals surface area (Å²) in [5, 5.41) is 12.0. The Labute approximate surface area is 247 Å². The summed E-state index contributed by atoms with van der Waals surface area (Å²) in [6, 6.07) is 0. The number of hydrogen-bond donors (Lipinski definition) is 2. The maximum absolute atomic E-state index is 6.00. The fourth-order valence-electron chi connectivity index (χ4n) is 3.00. The van der Waals surface area contributed by atoms with E-state index in [4.69, 9.17) is 10.5 Å². The summed E-state index contributed by atoms with van der Waals surface area (Å²) < 4.78 is 0. The number of hydrogen-bond acceptors (Lipinski definition) is 2. The Morgan fingerprint density at radius 1 is 0.184 bits per heavy atom. The quantitative estimate of drug-likeness (QED) is 0.101. The van der Waals surface area contributed by atoms with E-state index in [9.17, 15) is 0 Å². The molecule has 0 spiro atoms. The van der Waals surface area contributed by atoms with Crippen molar-refractivity contribution in [3.05, 3.63) is 0 Å². The van der Waals surface area contributed by atoms with Gasteiger partial charge in [-0.15, -0.1) is 0 Å². The van der Waals surface area contributed by atoms with Crippen LogP contribution < -0.4 is 0 Å². The monoisotopic (exact) mass is 551 g/mol. The zero-order valence-corrected chi connectivity index (χ0v) is 29.9. The summed E-state index contributed by atoms with van der Waals surface area (Å²) in [6.07, 6.45) is 33.2. The highest BCUT2D eigenvalue weighted by Gasteiger charge is 1.78. The minimum atomic E-state index is 1.36. The highest BCUT2D eigenvalue weighted by atomic mass is 17.0. The second-order valence-corrected chi connectivity index (χ2v) is 10.2. The topological polar surface area (TPSA) is 40.5 Å². The molecule has 242 valence electrons. The van der Waals surface area contributed by atoms with E-state index in [0.29, 0.717) is 0 Å². The van der Waals surface area contributed by atoms with Crippen molar-refractivity contribution in [2.75, 3.05) is 0 Å². The first-order chi connectivity index (χ1) is 18.5. The van der Waals surface area contributed by atoms with Crippen LogP contribution >= 0.6 is 0 Å². The van der Waals surface area contributed by atoms with E-state index in [1.165, 1.54) is 154 Å². The molecule has 0 aromatic heterocycles. The van der Waals surface area contributed by atoms with Crippen LogP contribution in [0.1, 0.15) is 237 Å². The van der Waals surface area contributed by atoms with E-state index in [1.807, 2.05) is 0 Å². The van der Waals surface area contributed by atoms with Crippen LogP contribution in [0.2, 0.25) is 0 Å². The van der Waals surface area contributed by atoms with Gasteiger partial charge in [0.15, 0.2) is 0 Å². The third-order valence-corrected chi connectivity index (χ3v) is 5.74. The lowest BCUT2D eigenvalue weighted by Crippen LogP contribution is -1.66. The van der Waals surface area contributed by atoms with Crippen molar-refractivity contribution in [1.29, 1.82) is 0 Å². The van der Waals surface area contributed by atoms with Gasteiger partial charge in [-0.2, -0.15) is 0 Å². The molecular formula is C36H86O2. The molecule has 0 fully saturated rings. The minimum Gasteiger partial charge on any atom is -0.255 e. The van der Waals surface area contributed by atoms with Gasteiger partial charge in [0.2, 0.25) is 0 Å². The molecule has 0 aromatic carbocycles. The highest BCUT2D eigenvalue weighted by Crippen LogP contribution is 1.98. The Kier molecular flexibility index (Phi) is 118. The van der Waals surface area contributed by atoms with Gasteiger partial charge in [-0.3, -0.25) is 10.5 Å². The second-order valence-electron chi connectivity index (χ2n) is 10.2. The summed E-state index contributed by atoms with van der Waals surface area (Å²) in [5.41, 5.74) is 0. The molecule has 0 aliphatic carbocycles. The number of rotatable bonds is 18. The maximum atomic E-state index is 6.00. The largest absolute Gasteiger partial charge is 0.255 e. The van der Waals surface area contributed by atoms with Crippen LogP contribution in [0.3, 0.4) is 0 Å². The second kappa shape index (κ2) is 83.3. The summed E-state index contributed by atoms with van der Waals surface area (Å²) in [7, 11) is 0. The third kappa shape index (κ3) is 136. The fraction of sp³-hybridized carbons (Fsp3) is 1.00. The van der Waals surface area contributed by atoms with Gasteiger partial charge in [0.05, 0.1) is 0 Å². The molecule has 0 saturated heterocycles. The van der Waals surface area contributed by atoms with Gasteiger partial charge < -0.3 is 0 Å². The zero-order valence-electron chi connectivity index (χ0n) is 29.9. The Bertz CT molecular complexity index is 145. The van der Waals surface area contributed by atoms with Gasteiger partial charge in [0.1, 0.15) is 0 Å². The standard InChI is InChI=1S/6C6H14.H2O2/c6*1-3-5-6-4-2;1-2/h6*3-6H2,1-2H3;1-2H. The van der Waals surface area contributed by atoms with Crippen molar-refractivity contribution in [2.45, 2.75) is 237 Å². The molecule has 0 radical (unpaired) electrons. The van der Waals surface area contributed by atoms with E-state index in [1.54, 1.807) is 0 Å². The third-order valence-electron chi connectivity index (χ3n) is 5.74. The molecule has 38 heavy (non-hydrogen) atoms. The first-order valence-electron chi connectivity index (χ1n) is 17.7. The van der Waals surface area contributed by atoms with Gasteiger partial charge in [0.25, 0.3) is 0 Å². The molecule has 0 unspecified atom stereocenters. The van der Waals surface area contributed by atoms with E-state index >= 15 is 0 Å². The lowest BCUT2D eigenvalue weighted by atomic mass is 10.2. The summed E-state index contributed by atoms with van der Waals surface area (Å²) >= 11 is 0. The SMILES string of the molecule is CCCCCC.CCCCCC.CCCCCC.CCCCCC.CCCCCC.CCCCCC.OO. The molecule has 0 heterocycles. The first kappa shape index (κ1) is 54.1. The summed E-state index contributed by atoms with van der Waals surface area (Å²) in [6.45, 7) is 26.8. The summed E-state index contributed by atoms with van der Waals surface area (Å²) in [4.78, 5) is 0. The van der Waals surface area contributed by atoms with Crippen molar-refractivity contribution in [3.8, 4) is 0 Å². The van der Waals surface area contributed by atoms with Gasteiger partial charge in [-0.1, -0.05) is 237 Å². The van der Waals surface area contributed by atoms with E-state index in [2.05, 4.69) is 83.1 Å². The van der Waals surface area contributed by atoms with Crippen LogP contribution in [0.4, 0.5) is 0 Å². The van der Waals surface area contributed by atoms with E-state index < -0.39 is 0 Å². The maximum Gasteiger partial charge on any atom is -0.0536 e. The predicted octanol–water partition coefficient (Wildman–Crippen LogP) is 15.5. The van der Waals surface area contributed by atoms with Crippen molar-refractivity contribution >= 4 is 0 Å². The molecule has 2 N–H and O–H groups in total. The Hall–Kier alpha value is -0.0800. The van der Waals surface area contributed by atoms with Crippen LogP contribution in [0.15, 0.2) is 0 Å². The Morgan fingerprint density at radius 2 is 0.237 bits per heavy atom. The number of unbranched alkanes of at least 4 members (excludes halogenated alkanes) is 18. The molecule has 0 amide bonds. The van der Waals surface area contributed by atoms with Crippen molar-refractivity contribution in [2.24, 2.45) is 0 Å². The minimum absolute atomic E-state index is 1.36. The van der Waals surface area contributed by atoms with Gasteiger partial charge in [-0.05, 0) is 0 Å². The average Bonchev–Trinajstić information content (AvgIpc) is 2.97. The lowest BCUT2D eigenvalue weighted by Gasteiger charge is -1.86. The van der Waals surface area contributed by atoms with E-state index in [0.717, 1.165) is 0 Å². The predicted molar refractivity (Wildman–Crippen MR) is 184 cm³/mol. The van der Waals surface area contributed by atoms with Crippen molar-refractivity contribution in [1.82, 2.24) is 0 Å². The molecule has 0 aromatic rings. The van der Waals surface area contributed by atoms with Gasteiger partial charge in [0, 0.05) is 0 Å². The zero-order chi connectivity index (χ0) is 31.0. The molecular weight excluding hydrogens is 464 g/mol. The first-order valence-corrected chi connectivity index (χ1v) is 17.7. The molecule has 2 nitrogen and oxygen atoms in total. The Morgan fingerprint density at radius 3 is 0.263 bits per heavy atom. The molecule has 0 atom stereocenters. The molecule has 0 aliphatic heterocycles. The lowest BCUT2D eigenvalue weighted by molar-refractivity contribution is -0.176. The fourth-order valence-corrected chi connectivity index (χ4v) is 3.00. The van der Waals surface area contributed by atoms with Crippen molar-refractivity contribution < 1.29 is 10.5 Å². The summed E-state index contributed by atoms with van der Waals surface area (Å²) in [5.74, 6) is 0. The molecule has 0 bridgehead atoms. The molecule has 0 rings (SSSR count). The Balaban J connectivity index is -0.0000000598. The molecule has 2 heteroatoms. The smallest absolute Gasteiger partial charge is 0.0536 e. The van der Waals surface area contributed by atoms with Crippen LogP contribution in [0.25, 0.3) is 0 Å². The van der Waals surface area contributed by atoms with Gasteiger partial charge in [-0.25, -0.2) is 0 Å². The van der Waals surface area contributed by atoms with Gasteiger partial charge >= 0.3 is 0 Å². The average molecular weight is 551 g/mol. The highest BCUT2D eigenvalue weighted by molar-refractivity contribution is 4.34. The normalized spacial score (nSPS) is 8.68. The van der Waals surface area contributed by atoms with E-state index in [-0.39, 0.29) is 0 Å². The van der Waals surface area contributed by atoms with Crippen molar-refractivity contribution in [3.63, 3.8) is 0 Å². The van der Waals surface area contributed by atoms with Crippen LogP contribution in [-0.2, 0) is 0 Å².